The lowest BCUT2D eigenvalue weighted by Crippen LogP contribution is -2.13. The van der Waals surface area contributed by atoms with Gasteiger partial charge < -0.3 is 5.48 Å². The highest BCUT2D eigenvalue weighted by molar-refractivity contribution is 6.58. The Morgan fingerprint density at radius 3 is 1.78 bits per heavy atom. The van der Waals surface area contributed by atoms with Gasteiger partial charge in [-0.05, 0) is 6.42 Å². The van der Waals surface area contributed by atoms with Gasteiger partial charge in [-0.25, -0.2) is 12.3 Å². The Hall–Kier alpha value is -0.0331. The van der Waals surface area contributed by atoms with Crippen molar-refractivity contribution < 1.29 is 17.8 Å². The molecule has 0 amide bonds. The Bertz CT molecular complexity index is 63.3. The van der Waals surface area contributed by atoms with Crippen LogP contribution in [0.1, 0.15) is 19.8 Å². The second-order valence-electron chi connectivity index (χ2n) is 1.72. The highest BCUT2D eigenvalue weighted by Crippen LogP contribution is 2.17. The first kappa shape index (κ1) is 11.7. The predicted molar refractivity (Wildman–Crippen MR) is 32.4 cm³/mol. The average molecular weight is 160 g/mol. The van der Waals surface area contributed by atoms with Gasteiger partial charge >= 0.3 is 9.08 Å². The Kier molecular flexibility index (Phi) is 6.27. The van der Waals surface area contributed by atoms with Crippen molar-refractivity contribution in [3.8, 4) is 0 Å². The molecule has 0 saturated heterocycles. The van der Waals surface area contributed by atoms with Crippen LogP contribution < -0.4 is 0 Å². The van der Waals surface area contributed by atoms with Crippen LogP contribution in [0.4, 0.5) is 12.3 Å². The minimum atomic E-state index is -5.18. The van der Waals surface area contributed by atoms with Gasteiger partial charge in [-0.1, -0.05) is 13.3 Å². The van der Waals surface area contributed by atoms with Crippen LogP contribution in [0.25, 0.3) is 0 Å². The third kappa shape index (κ3) is 11.5. The van der Waals surface area contributed by atoms with E-state index in [2.05, 4.69) is 0 Å². The summed E-state index contributed by atoms with van der Waals surface area (Å²) in [5.41, 5.74) is 0. The first-order chi connectivity index (χ1) is 3.56. The molecular weight excluding hydrogens is 149 g/mol. The first-order valence-electron chi connectivity index (χ1n) is 2.63. The monoisotopic (exact) mass is 160 g/mol. The van der Waals surface area contributed by atoms with Crippen LogP contribution in [0.2, 0.25) is 6.04 Å². The zero-order valence-electron chi connectivity index (χ0n) is 5.26. The lowest BCUT2D eigenvalue weighted by molar-refractivity contribution is 0.463. The maximum atomic E-state index is 11.4. The van der Waals surface area contributed by atoms with Crippen molar-refractivity contribution in [3.63, 3.8) is 0 Å². The summed E-state index contributed by atoms with van der Waals surface area (Å²) in [5, 5.41) is 0. The topological polar surface area (TPSA) is 31.5 Å². The summed E-state index contributed by atoms with van der Waals surface area (Å²) >= 11 is 0. The molecule has 0 aromatic heterocycles. The van der Waals surface area contributed by atoms with Gasteiger partial charge in [0, 0.05) is 6.04 Å². The van der Waals surface area contributed by atoms with Crippen molar-refractivity contribution >= 4 is 9.08 Å². The number of hydrogen-bond acceptors (Lipinski definition) is 0. The molecule has 0 fully saturated rings. The smallest absolute Gasteiger partial charge is 0.412 e. The molecule has 0 atom stereocenters. The summed E-state index contributed by atoms with van der Waals surface area (Å²) < 4.78 is 34.1. The molecular formula is C4H11F3OSi. The van der Waals surface area contributed by atoms with Gasteiger partial charge in [0.1, 0.15) is 0 Å². The van der Waals surface area contributed by atoms with Crippen LogP contribution in [0.15, 0.2) is 0 Å². The summed E-state index contributed by atoms with van der Waals surface area (Å²) in [7, 11) is -5.18. The molecule has 0 aliphatic heterocycles. The number of halogens is 3. The van der Waals surface area contributed by atoms with Crippen LogP contribution in [-0.2, 0) is 0 Å². The van der Waals surface area contributed by atoms with E-state index < -0.39 is 15.1 Å². The highest BCUT2D eigenvalue weighted by atomic mass is 28.5. The molecule has 5 heteroatoms. The molecule has 0 aliphatic carbocycles. The van der Waals surface area contributed by atoms with Crippen LogP contribution in [0.3, 0.4) is 0 Å². The summed E-state index contributed by atoms with van der Waals surface area (Å²) in [6.45, 7) is 1.76. The molecule has 0 rings (SSSR count). The molecule has 9 heavy (non-hydrogen) atoms. The Morgan fingerprint density at radius 2 is 1.67 bits per heavy atom. The fraction of sp³-hybridized carbons (Fsp3) is 1.00. The van der Waals surface area contributed by atoms with E-state index in [1.807, 2.05) is 0 Å². The standard InChI is InChI=1S/C4H9F3Si.H2O/c1-2-3-4-8(5,6)7;/h2-4H2,1H3;1H2. The minimum absolute atomic E-state index is 0. The number of unbranched alkanes of at least 4 members (excludes halogenated alkanes) is 1. The van der Waals surface area contributed by atoms with Crippen LogP contribution in [0.5, 0.6) is 0 Å². The molecule has 2 N–H and O–H groups in total. The SMILES string of the molecule is CCCC[Si](F)(F)F.O. The number of rotatable bonds is 3. The fourth-order valence-electron chi connectivity index (χ4n) is 0.377. The quantitative estimate of drug-likeness (QED) is 0.445. The molecule has 58 valence electrons. The molecule has 0 bridgehead atoms. The summed E-state index contributed by atoms with van der Waals surface area (Å²) in [5.74, 6) is 0. The lowest BCUT2D eigenvalue weighted by Gasteiger charge is -1.97. The number of hydrogen-bond donors (Lipinski definition) is 0. The largest absolute Gasteiger partial charge is 0.616 e. The Morgan fingerprint density at radius 1 is 1.22 bits per heavy atom. The van der Waals surface area contributed by atoms with E-state index in [1.165, 1.54) is 0 Å². The van der Waals surface area contributed by atoms with E-state index in [0.717, 1.165) is 0 Å². The Labute approximate surface area is 53.7 Å². The fourth-order valence-corrected chi connectivity index (χ4v) is 1.13. The van der Waals surface area contributed by atoms with Crippen LogP contribution in [-0.4, -0.2) is 14.6 Å². The molecule has 0 heterocycles. The zero-order chi connectivity index (χ0) is 6.62. The van der Waals surface area contributed by atoms with Gasteiger partial charge in [-0.3, -0.25) is 0 Å². The van der Waals surface area contributed by atoms with Gasteiger partial charge in [-0.2, -0.15) is 0 Å². The van der Waals surface area contributed by atoms with Crippen molar-refractivity contribution in [1.82, 2.24) is 0 Å². The normalized spacial score (nSPS) is 10.7. The van der Waals surface area contributed by atoms with E-state index >= 15 is 0 Å². The molecule has 0 saturated carbocycles. The minimum Gasteiger partial charge on any atom is -0.412 e. The van der Waals surface area contributed by atoms with E-state index in [-0.39, 0.29) is 5.48 Å². The summed E-state index contributed by atoms with van der Waals surface area (Å²) in [6, 6.07) is -0.497. The average Bonchev–Trinajstić information content (AvgIpc) is 1.59. The maximum Gasteiger partial charge on any atom is 0.616 e. The zero-order valence-corrected chi connectivity index (χ0v) is 6.26. The second kappa shape index (κ2) is 4.81. The molecule has 0 unspecified atom stereocenters. The van der Waals surface area contributed by atoms with E-state index in [0.29, 0.717) is 12.8 Å². The van der Waals surface area contributed by atoms with Crippen molar-refractivity contribution in [3.05, 3.63) is 0 Å². The van der Waals surface area contributed by atoms with Gasteiger partial charge in [-0.15, -0.1) is 0 Å². The second-order valence-corrected chi connectivity index (χ2v) is 3.45. The van der Waals surface area contributed by atoms with E-state index in [9.17, 15) is 12.3 Å². The van der Waals surface area contributed by atoms with Gasteiger partial charge in [0.15, 0.2) is 0 Å². The predicted octanol–water partition coefficient (Wildman–Crippen LogP) is 1.81. The van der Waals surface area contributed by atoms with Crippen molar-refractivity contribution in [2.45, 2.75) is 25.8 Å². The van der Waals surface area contributed by atoms with E-state index in [4.69, 9.17) is 0 Å². The molecule has 0 aromatic carbocycles. The van der Waals surface area contributed by atoms with Crippen LogP contribution >= 0.6 is 0 Å². The highest BCUT2D eigenvalue weighted by Gasteiger charge is 2.34. The van der Waals surface area contributed by atoms with Crippen molar-refractivity contribution in [2.24, 2.45) is 0 Å². The third-order valence-corrected chi connectivity index (χ3v) is 1.73. The van der Waals surface area contributed by atoms with Gasteiger partial charge in [0.05, 0.1) is 0 Å². The maximum absolute atomic E-state index is 11.4. The van der Waals surface area contributed by atoms with Gasteiger partial charge in [0.25, 0.3) is 0 Å². The third-order valence-electron chi connectivity index (χ3n) is 0.814. The Balaban J connectivity index is 0. The van der Waals surface area contributed by atoms with Crippen molar-refractivity contribution in [2.75, 3.05) is 0 Å². The molecule has 0 aromatic rings. The molecule has 0 aliphatic rings. The van der Waals surface area contributed by atoms with E-state index in [1.54, 1.807) is 6.92 Å². The van der Waals surface area contributed by atoms with Crippen molar-refractivity contribution in [1.29, 1.82) is 0 Å². The van der Waals surface area contributed by atoms with Crippen LogP contribution in [0, 0.1) is 0 Å². The molecule has 1 nitrogen and oxygen atoms in total. The molecule has 0 spiro atoms. The van der Waals surface area contributed by atoms with Gasteiger partial charge in [0.2, 0.25) is 0 Å². The summed E-state index contributed by atoms with van der Waals surface area (Å²) in [4.78, 5) is 0. The molecule has 0 radical (unpaired) electrons. The lowest BCUT2D eigenvalue weighted by atomic mass is 10.4. The first-order valence-corrected chi connectivity index (χ1v) is 4.47. The summed E-state index contributed by atoms with van der Waals surface area (Å²) in [6.07, 6.45) is 0.961.